The van der Waals surface area contributed by atoms with E-state index in [2.05, 4.69) is 6.07 Å². The van der Waals surface area contributed by atoms with Crippen LogP contribution in [0.4, 0.5) is 5.69 Å². The summed E-state index contributed by atoms with van der Waals surface area (Å²) in [6.45, 7) is 0.485. The number of nitrogens with two attached hydrogens (primary N) is 1. The van der Waals surface area contributed by atoms with Gasteiger partial charge in [0.15, 0.2) is 0 Å². The second-order valence-electron chi connectivity index (χ2n) is 4.60. The number of carbonyl (C=O) groups excluding carboxylic acids is 1. The molecule has 0 radical (unpaired) electrons. The first kappa shape index (κ1) is 13.6. The minimum atomic E-state index is -0.0818. The SMILES string of the molecule is CN(Cc1ccc(C#N)cc1)C(=O)c1cccc(N)c1. The maximum Gasteiger partial charge on any atom is 0.253 e. The molecule has 0 saturated heterocycles. The highest BCUT2D eigenvalue weighted by Gasteiger charge is 2.12. The zero-order valence-corrected chi connectivity index (χ0v) is 11.2. The van der Waals surface area contributed by atoms with Crippen molar-refractivity contribution in [1.82, 2.24) is 4.90 Å². The van der Waals surface area contributed by atoms with Crippen LogP contribution in [0, 0.1) is 11.3 Å². The average Bonchev–Trinajstić information content (AvgIpc) is 2.47. The zero-order chi connectivity index (χ0) is 14.5. The lowest BCUT2D eigenvalue weighted by atomic mass is 10.1. The van der Waals surface area contributed by atoms with Crippen LogP contribution in [0.25, 0.3) is 0 Å². The number of nitriles is 1. The molecule has 2 aromatic rings. The van der Waals surface area contributed by atoms with Crippen LogP contribution >= 0.6 is 0 Å². The van der Waals surface area contributed by atoms with Gasteiger partial charge in [-0.3, -0.25) is 4.79 Å². The normalized spacial score (nSPS) is 9.80. The van der Waals surface area contributed by atoms with Crippen molar-refractivity contribution in [2.45, 2.75) is 6.54 Å². The molecule has 0 fully saturated rings. The van der Waals surface area contributed by atoms with Crippen molar-refractivity contribution in [2.24, 2.45) is 0 Å². The zero-order valence-electron chi connectivity index (χ0n) is 11.2. The molecule has 0 unspecified atom stereocenters. The quantitative estimate of drug-likeness (QED) is 0.866. The van der Waals surface area contributed by atoms with Crippen LogP contribution in [-0.4, -0.2) is 17.9 Å². The van der Waals surface area contributed by atoms with Gasteiger partial charge in [0, 0.05) is 24.8 Å². The van der Waals surface area contributed by atoms with Crippen LogP contribution in [0.15, 0.2) is 48.5 Å². The van der Waals surface area contributed by atoms with E-state index in [1.54, 1.807) is 48.3 Å². The molecule has 0 aliphatic rings. The van der Waals surface area contributed by atoms with Gasteiger partial charge >= 0.3 is 0 Å². The van der Waals surface area contributed by atoms with Crippen molar-refractivity contribution in [2.75, 3.05) is 12.8 Å². The number of nitrogen functional groups attached to an aromatic ring is 1. The third-order valence-corrected chi connectivity index (χ3v) is 2.98. The smallest absolute Gasteiger partial charge is 0.253 e. The number of hydrogen-bond donors (Lipinski definition) is 1. The van der Waals surface area contributed by atoms with Gasteiger partial charge in [-0.15, -0.1) is 0 Å². The van der Waals surface area contributed by atoms with Gasteiger partial charge in [-0.1, -0.05) is 18.2 Å². The molecule has 0 saturated carbocycles. The molecule has 2 aromatic carbocycles. The largest absolute Gasteiger partial charge is 0.399 e. The first-order valence-electron chi connectivity index (χ1n) is 6.20. The Bertz CT molecular complexity index is 656. The number of hydrogen-bond acceptors (Lipinski definition) is 3. The summed E-state index contributed by atoms with van der Waals surface area (Å²) in [4.78, 5) is 13.9. The molecule has 0 atom stereocenters. The van der Waals surface area contributed by atoms with Gasteiger partial charge in [0.2, 0.25) is 0 Å². The van der Waals surface area contributed by atoms with E-state index in [4.69, 9.17) is 11.0 Å². The van der Waals surface area contributed by atoms with E-state index in [0.29, 0.717) is 23.4 Å². The summed E-state index contributed by atoms with van der Waals surface area (Å²) in [6, 6.07) is 16.2. The third kappa shape index (κ3) is 3.15. The summed E-state index contributed by atoms with van der Waals surface area (Å²) in [5, 5.41) is 8.75. The lowest BCUT2D eigenvalue weighted by Crippen LogP contribution is -2.26. The molecule has 4 nitrogen and oxygen atoms in total. The Morgan fingerprint density at radius 3 is 2.55 bits per heavy atom. The summed E-state index contributed by atoms with van der Waals surface area (Å²) in [5.41, 5.74) is 8.41. The molecule has 4 heteroatoms. The Balaban J connectivity index is 2.09. The van der Waals surface area contributed by atoms with Gasteiger partial charge in [0.25, 0.3) is 5.91 Å². The maximum atomic E-state index is 12.2. The fraction of sp³-hybridized carbons (Fsp3) is 0.125. The van der Waals surface area contributed by atoms with E-state index < -0.39 is 0 Å². The number of rotatable bonds is 3. The van der Waals surface area contributed by atoms with E-state index in [-0.39, 0.29) is 5.91 Å². The van der Waals surface area contributed by atoms with E-state index in [9.17, 15) is 4.79 Å². The average molecular weight is 265 g/mol. The second-order valence-corrected chi connectivity index (χ2v) is 4.60. The predicted molar refractivity (Wildman–Crippen MR) is 77.8 cm³/mol. The molecule has 0 aromatic heterocycles. The standard InChI is InChI=1S/C16H15N3O/c1-19(11-13-7-5-12(10-17)6-8-13)16(20)14-3-2-4-15(18)9-14/h2-9H,11,18H2,1H3. The molecule has 0 heterocycles. The fourth-order valence-corrected chi connectivity index (χ4v) is 1.92. The van der Waals surface area contributed by atoms with Crippen LogP contribution in [0.5, 0.6) is 0 Å². The van der Waals surface area contributed by atoms with Crippen LogP contribution in [0.2, 0.25) is 0 Å². The predicted octanol–water partition coefficient (Wildman–Crippen LogP) is 2.41. The Morgan fingerprint density at radius 2 is 1.95 bits per heavy atom. The van der Waals surface area contributed by atoms with E-state index in [0.717, 1.165) is 5.56 Å². The van der Waals surface area contributed by atoms with Crippen molar-refractivity contribution >= 4 is 11.6 Å². The molecule has 1 amide bonds. The topological polar surface area (TPSA) is 70.1 Å². The van der Waals surface area contributed by atoms with Gasteiger partial charge in [-0.2, -0.15) is 5.26 Å². The third-order valence-electron chi connectivity index (χ3n) is 2.98. The lowest BCUT2D eigenvalue weighted by molar-refractivity contribution is 0.0785. The van der Waals surface area contributed by atoms with E-state index in [1.807, 2.05) is 12.1 Å². The van der Waals surface area contributed by atoms with Crippen LogP contribution in [-0.2, 0) is 6.54 Å². The Morgan fingerprint density at radius 1 is 1.25 bits per heavy atom. The van der Waals surface area contributed by atoms with Gasteiger partial charge in [0.1, 0.15) is 0 Å². The first-order valence-corrected chi connectivity index (χ1v) is 6.20. The van der Waals surface area contributed by atoms with Crippen molar-refractivity contribution in [1.29, 1.82) is 5.26 Å². The summed E-state index contributed by atoms with van der Waals surface area (Å²) in [6.07, 6.45) is 0. The Hall–Kier alpha value is -2.80. The number of carbonyl (C=O) groups is 1. The monoisotopic (exact) mass is 265 g/mol. The molecule has 2 N–H and O–H groups in total. The van der Waals surface area contributed by atoms with Crippen molar-refractivity contribution in [3.8, 4) is 6.07 Å². The highest BCUT2D eigenvalue weighted by Crippen LogP contribution is 2.12. The lowest BCUT2D eigenvalue weighted by Gasteiger charge is -2.17. The van der Waals surface area contributed by atoms with Crippen molar-refractivity contribution in [3.05, 3.63) is 65.2 Å². The van der Waals surface area contributed by atoms with E-state index in [1.165, 1.54) is 0 Å². The Labute approximate surface area is 118 Å². The molecular weight excluding hydrogens is 250 g/mol. The van der Waals surface area contributed by atoms with Gasteiger partial charge in [0.05, 0.1) is 11.6 Å². The van der Waals surface area contributed by atoms with E-state index >= 15 is 0 Å². The molecule has 0 bridgehead atoms. The second kappa shape index (κ2) is 5.89. The number of nitrogens with zero attached hydrogens (tertiary/aromatic N) is 2. The highest BCUT2D eigenvalue weighted by atomic mass is 16.2. The number of amides is 1. The Kier molecular flexibility index (Phi) is 4.02. The molecule has 0 spiro atoms. The van der Waals surface area contributed by atoms with Crippen LogP contribution < -0.4 is 5.73 Å². The van der Waals surface area contributed by atoms with Crippen LogP contribution in [0.1, 0.15) is 21.5 Å². The van der Waals surface area contributed by atoms with Crippen LogP contribution in [0.3, 0.4) is 0 Å². The van der Waals surface area contributed by atoms with Crippen molar-refractivity contribution < 1.29 is 4.79 Å². The highest BCUT2D eigenvalue weighted by molar-refractivity contribution is 5.94. The summed E-state index contributed by atoms with van der Waals surface area (Å²) in [7, 11) is 1.74. The number of anilines is 1. The first-order chi connectivity index (χ1) is 9.60. The summed E-state index contributed by atoms with van der Waals surface area (Å²) < 4.78 is 0. The molecule has 0 aliphatic carbocycles. The fourth-order valence-electron chi connectivity index (χ4n) is 1.92. The maximum absolute atomic E-state index is 12.2. The molecule has 20 heavy (non-hydrogen) atoms. The molecular formula is C16H15N3O. The van der Waals surface area contributed by atoms with Gasteiger partial charge in [-0.25, -0.2) is 0 Å². The van der Waals surface area contributed by atoms with Gasteiger partial charge in [-0.05, 0) is 35.9 Å². The minimum Gasteiger partial charge on any atom is -0.399 e. The van der Waals surface area contributed by atoms with Crippen molar-refractivity contribution in [3.63, 3.8) is 0 Å². The summed E-state index contributed by atoms with van der Waals surface area (Å²) >= 11 is 0. The summed E-state index contributed by atoms with van der Waals surface area (Å²) in [5.74, 6) is -0.0818. The minimum absolute atomic E-state index is 0.0818. The molecule has 100 valence electrons. The number of benzene rings is 2. The molecule has 2 rings (SSSR count). The van der Waals surface area contributed by atoms with Gasteiger partial charge < -0.3 is 10.6 Å². The molecule has 0 aliphatic heterocycles.